The Kier molecular flexibility index (Phi) is 8.11. The van der Waals surface area contributed by atoms with E-state index in [0.29, 0.717) is 13.1 Å². The summed E-state index contributed by atoms with van der Waals surface area (Å²) in [7, 11) is 1.74. The van der Waals surface area contributed by atoms with Gasteiger partial charge in [0.15, 0.2) is 5.82 Å². The van der Waals surface area contributed by atoms with Gasteiger partial charge in [-0.05, 0) is 30.0 Å². The number of likely N-dealkylation sites (tertiary alicyclic amines) is 1. The molecule has 0 bridgehead atoms. The van der Waals surface area contributed by atoms with Crippen LogP contribution >= 0.6 is 0 Å². The smallest absolute Gasteiger partial charge is 0.237 e. The molecule has 1 saturated heterocycles. The molecule has 1 aromatic heterocycles. The molecule has 1 atom stereocenters. The lowest BCUT2D eigenvalue weighted by atomic mass is 9.98. The monoisotopic (exact) mass is 408 g/mol. The third-order valence-corrected chi connectivity index (χ3v) is 5.56. The van der Waals surface area contributed by atoms with Crippen molar-refractivity contribution < 1.29 is 9.53 Å². The van der Waals surface area contributed by atoms with Crippen molar-refractivity contribution in [3.63, 3.8) is 0 Å². The molecule has 0 saturated carbocycles. The van der Waals surface area contributed by atoms with Gasteiger partial charge in [-0.25, -0.2) is 9.97 Å². The van der Waals surface area contributed by atoms with Gasteiger partial charge in [0.05, 0.1) is 12.6 Å². The maximum atomic E-state index is 12.6. The van der Waals surface area contributed by atoms with Crippen molar-refractivity contribution in [2.45, 2.75) is 32.8 Å². The fraction of sp³-hybridized carbons (Fsp3) is 0.458. The molecule has 1 aromatic carbocycles. The summed E-state index contributed by atoms with van der Waals surface area (Å²) in [5.74, 6) is 0.949. The molecule has 6 heteroatoms. The first-order valence-electron chi connectivity index (χ1n) is 10.8. The van der Waals surface area contributed by atoms with Gasteiger partial charge >= 0.3 is 0 Å². The number of benzene rings is 1. The molecule has 1 fully saturated rings. The van der Waals surface area contributed by atoms with Crippen molar-refractivity contribution in [1.82, 2.24) is 19.8 Å². The topological polar surface area (TPSA) is 58.6 Å². The SMILES string of the molecule is CC.COC1CCN(CC(=O)N2CC=C(c3ccc(-c4ncccn4)cc3)CC2)C1. The maximum absolute atomic E-state index is 12.6. The van der Waals surface area contributed by atoms with Gasteiger partial charge in [0.1, 0.15) is 0 Å². The Labute approximate surface area is 179 Å². The number of ether oxygens (including phenoxy) is 1. The summed E-state index contributed by atoms with van der Waals surface area (Å²) in [6.45, 7) is 7.75. The molecule has 2 aliphatic heterocycles. The third kappa shape index (κ3) is 5.52. The van der Waals surface area contributed by atoms with Crippen molar-refractivity contribution in [3.05, 3.63) is 54.4 Å². The highest BCUT2D eigenvalue weighted by atomic mass is 16.5. The Bertz CT molecular complexity index is 836. The minimum Gasteiger partial charge on any atom is -0.380 e. The second kappa shape index (κ2) is 11.0. The van der Waals surface area contributed by atoms with Crippen LogP contribution in [0.1, 0.15) is 32.3 Å². The highest BCUT2D eigenvalue weighted by Crippen LogP contribution is 2.25. The lowest BCUT2D eigenvalue weighted by Gasteiger charge is -2.28. The van der Waals surface area contributed by atoms with E-state index in [2.05, 4.69) is 45.2 Å². The number of carbonyl (C=O) groups excluding carboxylic acids is 1. The Balaban J connectivity index is 0.00000124. The second-order valence-corrected chi connectivity index (χ2v) is 7.35. The van der Waals surface area contributed by atoms with Gasteiger partial charge in [-0.2, -0.15) is 0 Å². The molecular weight excluding hydrogens is 376 g/mol. The van der Waals surface area contributed by atoms with Crippen LogP contribution in [0, 0.1) is 0 Å². The van der Waals surface area contributed by atoms with Crippen LogP contribution in [0.2, 0.25) is 0 Å². The average Bonchev–Trinajstić information content (AvgIpc) is 3.29. The molecule has 2 aliphatic rings. The fourth-order valence-corrected chi connectivity index (χ4v) is 3.86. The Hall–Kier alpha value is -2.57. The number of amides is 1. The predicted molar refractivity (Wildman–Crippen MR) is 120 cm³/mol. The Morgan fingerprint density at radius 3 is 2.40 bits per heavy atom. The molecule has 30 heavy (non-hydrogen) atoms. The molecule has 1 amide bonds. The number of nitrogens with zero attached hydrogens (tertiary/aromatic N) is 4. The van der Waals surface area contributed by atoms with Crippen LogP contribution in [-0.4, -0.2) is 71.6 Å². The van der Waals surface area contributed by atoms with Crippen LogP contribution < -0.4 is 0 Å². The molecule has 4 rings (SSSR count). The first kappa shape index (κ1) is 22.1. The van der Waals surface area contributed by atoms with Crippen molar-refractivity contribution >= 4 is 11.5 Å². The summed E-state index contributed by atoms with van der Waals surface area (Å²) in [6, 6.07) is 10.2. The zero-order valence-corrected chi connectivity index (χ0v) is 18.3. The summed E-state index contributed by atoms with van der Waals surface area (Å²) in [5.41, 5.74) is 3.51. The molecule has 160 valence electrons. The highest BCUT2D eigenvalue weighted by Gasteiger charge is 2.26. The minimum atomic E-state index is 0.212. The van der Waals surface area contributed by atoms with Crippen LogP contribution in [0.25, 0.3) is 17.0 Å². The van der Waals surface area contributed by atoms with Crippen molar-refractivity contribution in [3.8, 4) is 11.4 Å². The van der Waals surface area contributed by atoms with Crippen molar-refractivity contribution in [1.29, 1.82) is 0 Å². The summed E-state index contributed by atoms with van der Waals surface area (Å²) in [4.78, 5) is 25.3. The van der Waals surface area contributed by atoms with Gasteiger partial charge in [-0.3, -0.25) is 9.69 Å². The van der Waals surface area contributed by atoms with E-state index in [4.69, 9.17) is 4.74 Å². The van der Waals surface area contributed by atoms with E-state index in [1.165, 1.54) is 11.1 Å². The van der Waals surface area contributed by atoms with Crippen LogP contribution in [0.3, 0.4) is 0 Å². The summed E-state index contributed by atoms with van der Waals surface area (Å²) < 4.78 is 5.38. The van der Waals surface area contributed by atoms with E-state index >= 15 is 0 Å². The molecule has 6 nitrogen and oxygen atoms in total. The summed E-state index contributed by atoms with van der Waals surface area (Å²) >= 11 is 0. The molecule has 0 N–H and O–H groups in total. The zero-order chi connectivity index (χ0) is 21.3. The Morgan fingerprint density at radius 2 is 1.80 bits per heavy atom. The average molecular weight is 409 g/mol. The third-order valence-electron chi connectivity index (χ3n) is 5.56. The first-order chi connectivity index (χ1) is 14.7. The molecule has 0 spiro atoms. The number of carbonyl (C=O) groups is 1. The zero-order valence-electron chi connectivity index (χ0n) is 18.3. The number of hydrogen-bond donors (Lipinski definition) is 0. The highest BCUT2D eigenvalue weighted by molar-refractivity contribution is 5.80. The molecule has 1 unspecified atom stereocenters. The second-order valence-electron chi connectivity index (χ2n) is 7.35. The Morgan fingerprint density at radius 1 is 1.10 bits per heavy atom. The van der Waals surface area contributed by atoms with Gasteiger partial charge < -0.3 is 9.64 Å². The van der Waals surface area contributed by atoms with Crippen LogP contribution in [-0.2, 0) is 9.53 Å². The molecule has 0 radical (unpaired) electrons. The quantitative estimate of drug-likeness (QED) is 0.758. The summed E-state index contributed by atoms with van der Waals surface area (Å²) in [5, 5.41) is 0. The van der Waals surface area contributed by atoms with E-state index in [9.17, 15) is 4.79 Å². The summed E-state index contributed by atoms with van der Waals surface area (Å²) in [6.07, 6.45) is 7.85. The van der Waals surface area contributed by atoms with Crippen LogP contribution in [0.15, 0.2) is 48.8 Å². The fourth-order valence-electron chi connectivity index (χ4n) is 3.86. The van der Waals surface area contributed by atoms with E-state index in [-0.39, 0.29) is 12.0 Å². The van der Waals surface area contributed by atoms with Gasteiger partial charge in [0, 0.05) is 51.2 Å². The van der Waals surface area contributed by atoms with Gasteiger partial charge in [0.25, 0.3) is 0 Å². The van der Waals surface area contributed by atoms with Gasteiger partial charge in [0.2, 0.25) is 5.91 Å². The molecule has 3 heterocycles. The van der Waals surface area contributed by atoms with E-state index in [1.807, 2.05) is 24.8 Å². The lowest BCUT2D eigenvalue weighted by molar-refractivity contribution is -0.131. The van der Waals surface area contributed by atoms with Crippen LogP contribution in [0.4, 0.5) is 0 Å². The lowest BCUT2D eigenvalue weighted by Crippen LogP contribution is -2.41. The van der Waals surface area contributed by atoms with Crippen molar-refractivity contribution in [2.75, 3.05) is 39.8 Å². The minimum absolute atomic E-state index is 0.212. The van der Waals surface area contributed by atoms with E-state index in [1.54, 1.807) is 19.5 Å². The maximum Gasteiger partial charge on any atom is 0.237 e. The normalized spacial score (nSPS) is 19.1. The number of hydrogen-bond acceptors (Lipinski definition) is 5. The first-order valence-corrected chi connectivity index (χ1v) is 10.8. The van der Waals surface area contributed by atoms with E-state index in [0.717, 1.165) is 43.9 Å². The number of rotatable bonds is 5. The predicted octanol–water partition coefficient (Wildman–Crippen LogP) is 3.51. The van der Waals surface area contributed by atoms with Crippen molar-refractivity contribution in [2.24, 2.45) is 0 Å². The number of aromatic nitrogens is 2. The van der Waals surface area contributed by atoms with E-state index < -0.39 is 0 Å². The largest absolute Gasteiger partial charge is 0.380 e. The molecule has 2 aromatic rings. The molecule has 0 aliphatic carbocycles. The number of methoxy groups -OCH3 is 1. The van der Waals surface area contributed by atoms with Crippen LogP contribution in [0.5, 0.6) is 0 Å². The van der Waals surface area contributed by atoms with Gasteiger partial charge in [-0.15, -0.1) is 0 Å². The standard InChI is InChI=1S/C22H26N4O2.C2H6/c1-28-20-9-12-25(15-20)16-21(27)26-13-7-18(8-14-26)17-3-5-19(6-4-17)22-23-10-2-11-24-22;1-2/h2-7,10-11,20H,8-9,12-16H2,1H3;1-2H3. The molecular formula is C24H32N4O2. The van der Waals surface area contributed by atoms with Gasteiger partial charge in [-0.1, -0.05) is 44.2 Å².